The molecule has 1 aromatic rings. The lowest BCUT2D eigenvalue weighted by atomic mass is 9.96. The van der Waals surface area contributed by atoms with Gasteiger partial charge in [-0.05, 0) is 58.6 Å². The summed E-state index contributed by atoms with van der Waals surface area (Å²) in [5.74, 6) is 0.993. The van der Waals surface area contributed by atoms with E-state index in [1.807, 2.05) is 33.8 Å². The van der Waals surface area contributed by atoms with Crippen molar-refractivity contribution in [2.45, 2.75) is 51.7 Å². The summed E-state index contributed by atoms with van der Waals surface area (Å²) in [6, 6.07) is 6.82. The Balaban J connectivity index is 1.93. The number of hydrogen-bond donors (Lipinski definition) is 3. The van der Waals surface area contributed by atoms with Crippen molar-refractivity contribution in [1.29, 1.82) is 0 Å². The molecule has 0 unspecified atom stereocenters. The van der Waals surface area contributed by atoms with Gasteiger partial charge in [0.15, 0.2) is 0 Å². The highest BCUT2D eigenvalue weighted by Crippen LogP contribution is 2.39. The summed E-state index contributed by atoms with van der Waals surface area (Å²) in [5, 5.41) is 8.57. The van der Waals surface area contributed by atoms with Gasteiger partial charge in [0.2, 0.25) is 0 Å². The first-order valence-corrected chi connectivity index (χ1v) is 8.81. The zero-order valence-electron chi connectivity index (χ0n) is 16.1. The van der Waals surface area contributed by atoms with Gasteiger partial charge in [0.1, 0.15) is 11.4 Å². The largest absolute Gasteiger partial charge is 0.497 e. The number of carbonyl (C=O) groups is 2. The summed E-state index contributed by atoms with van der Waals surface area (Å²) < 4.78 is 10.4. The van der Waals surface area contributed by atoms with Crippen LogP contribution >= 0.6 is 0 Å². The molecule has 0 bridgehead atoms. The van der Waals surface area contributed by atoms with Gasteiger partial charge < -0.3 is 25.4 Å². The number of alkyl carbamates (subject to hydrolysis) is 1. The molecule has 3 amide bonds. The molecule has 0 aliphatic heterocycles. The minimum absolute atomic E-state index is 0.304. The monoisotopic (exact) mass is 363 g/mol. The fourth-order valence-electron chi connectivity index (χ4n) is 2.70. The number of rotatable bonds is 6. The van der Waals surface area contributed by atoms with E-state index in [4.69, 9.17) is 9.47 Å². The van der Waals surface area contributed by atoms with Crippen molar-refractivity contribution in [1.82, 2.24) is 10.6 Å². The van der Waals surface area contributed by atoms with Crippen LogP contribution in [-0.2, 0) is 4.74 Å². The van der Waals surface area contributed by atoms with Gasteiger partial charge in [-0.15, -0.1) is 0 Å². The maximum absolute atomic E-state index is 12.4. The highest BCUT2D eigenvalue weighted by atomic mass is 16.6. The molecule has 0 aromatic heterocycles. The molecule has 2 rings (SSSR count). The van der Waals surface area contributed by atoms with Crippen molar-refractivity contribution in [2.24, 2.45) is 5.92 Å². The van der Waals surface area contributed by atoms with Crippen LogP contribution in [0.1, 0.15) is 40.5 Å². The number of benzene rings is 1. The molecule has 1 aliphatic carbocycles. The van der Waals surface area contributed by atoms with Crippen molar-refractivity contribution in [3.05, 3.63) is 24.3 Å². The van der Waals surface area contributed by atoms with Crippen molar-refractivity contribution in [2.75, 3.05) is 19.0 Å². The van der Waals surface area contributed by atoms with Crippen molar-refractivity contribution in [3.8, 4) is 5.75 Å². The molecule has 1 atom stereocenters. The quantitative estimate of drug-likeness (QED) is 0.721. The fraction of sp³-hybridized carbons (Fsp3) is 0.579. The second kappa shape index (κ2) is 7.85. The molecule has 0 saturated heterocycles. The first-order chi connectivity index (χ1) is 12.1. The molecule has 26 heavy (non-hydrogen) atoms. The number of urea groups is 1. The Kier molecular flexibility index (Phi) is 6.00. The van der Waals surface area contributed by atoms with Crippen LogP contribution in [-0.4, -0.2) is 36.9 Å². The summed E-state index contributed by atoms with van der Waals surface area (Å²) in [4.78, 5) is 24.3. The van der Waals surface area contributed by atoms with Crippen LogP contribution in [0.5, 0.6) is 5.75 Å². The summed E-state index contributed by atoms with van der Waals surface area (Å²) >= 11 is 0. The van der Waals surface area contributed by atoms with E-state index in [-0.39, 0.29) is 6.03 Å². The zero-order chi connectivity index (χ0) is 19.4. The number of methoxy groups -OCH3 is 1. The van der Waals surface area contributed by atoms with E-state index in [2.05, 4.69) is 16.0 Å². The predicted octanol–water partition coefficient (Wildman–Crippen LogP) is 3.51. The van der Waals surface area contributed by atoms with E-state index >= 15 is 0 Å². The molecule has 3 N–H and O–H groups in total. The Morgan fingerprint density at radius 1 is 1.19 bits per heavy atom. The van der Waals surface area contributed by atoms with E-state index < -0.39 is 17.2 Å². The second-order valence-corrected chi connectivity index (χ2v) is 7.86. The number of hydrogen-bond acceptors (Lipinski definition) is 4. The van der Waals surface area contributed by atoms with E-state index in [1.54, 1.807) is 25.3 Å². The van der Waals surface area contributed by atoms with Crippen LogP contribution in [0, 0.1) is 5.92 Å². The van der Waals surface area contributed by atoms with Crippen LogP contribution in [0.3, 0.4) is 0 Å². The van der Waals surface area contributed by atoms with Crippen molar-refractivity contribution < 1.29 is 19.1 Å². The van der Waals surface area contributed by atoms with Crippen LogP contribution in [0.25, 0.3) is 0 Å². The molecule has 0 heterocycles. The number of ether oxygens (including phenoxy) is 2. The molecule has 1 aliphatic rings. The Hall–Kier alpha value is -2.44. The molecular weight excluding hydrogens is 334 g/mol. The van der Waals surface area contributed by atoms with Gasteiger partial charge in [-0.25, -0.2) is 9.59 Å². The standard InChI is InChI=1S/C19H29N3O4/c1-18(2,3)26-17(24)20-12-19(4,13-9-10-13)22-16(23)21-14-7-6-8-15(11-14)25-5/h6-8,11,13H,9-10,12H2,1-5H3,(H,20,24)(H2,21,22,23)/t19-/m0/s1. The Morgan fingerprint density at radius 3 is 2.46 bits per heavy atom. The van der Waals surface area contributed by atoms with Gasteiger partial charge in [-0.3, -0.25) is 0 Å². The second-order valence-electron chi connectivity index (χ2n) is 7.86. The minimum Gasteiger partial charge on any atom is -0.497 e. The first kappa shape index (κ1) is 19.9. The number of amides is 3. The molecule has 7 nitrogen and oxygen atoms in total. The Bertz CT molecular complexity index is 652. The van der Waals surface area contributed by atoms with Gasteiger partial charge in [-0.2, -0.15) is 0 Å². The predicted molar refractivity (Wildman–Crippen MR) is 101 cm³/mol. The van der Waals surface area contributed by atoms with Gasteiger partial charge in [0.25, 0.3) is 0 Å². The molecule has 1 fully saturated rings. The normalized spacial score (nSPS) is 16.2. The Labute approximate surface area is 154 Å². The van der Waals surface area contributed by atoms with Gasteiger partial charge >= 0.3 is 12.1 Å². The van der Waals surface area contributed by atoms with Gasteiger partial charge in [-0.1, -0.05) is 6.07 Å². The molecule has 0 radical (unpaired) electrons. The minimum atomic E-state index is -0.558. The number of carbonyl (C=O) groups excluding carboxylic acids is 2. The molecule has 1 aromatic carbocycles. The fourth-order valence-corrected chi connectivity index (χ4v) is 2.70. The maximum Gasteiger partial charge on any atom is 0.407 e. The van der Waals surface area contributed by atoms with E-state index in [0.29, 0.717) is 23.9 Å². The third kappa shape index (κ3) is 6.13. The highest BCUT2D eigenvalue weighted by Gasteiger charge is 2.43. The average Bonchev–Trinajstić information content (AvgIpc) is 3.37. The third-order valence-corrected chi connectivity index (χ3v) is 4.20. The van der Waals surface area contributed by atoms with Crippen LogP contribution in [0.4, 0.5) is 15.3 Å². The molecular formula is C19H29N3O4. The highest BCUT2D eigenvalue weighted by molar-refractivity contribution is 5.90. The first-order valence-electron chi connectivity index (χ1n) is 8.81. The topological polar surface area (TPSA) is 88.7 Å². The average molecular weight is 363 g/mol. The molecule has 0 spiro atoms. The van der Waals surface area contributed by atoms with Crippen molar-refractivity contribution >= 4 is 17.8 Å². The van der Waals surface area contributed by atoms with Crippen LogP contribution in [0.15, 0.2) is 24.3 Å². The third-order valence-electron chi connectivity index (χ3n) is 4.20. The number of anilines is 1. The molecule has 144 valence electrons. The van der Waals surface area contributed by atoms with E-state index in [9.17, 15) is 9.59 Å². The lowest BCUT2D eigenvalue weighted by Crippen LogP contribution is -2.56. The van der Waals surface area contributed by atoms with Crippen molar-refractivity contribution in [3.63, 3.8) is 0 Å². The van der Waals surface area contributed by atoms with Crippen LogP contribution in [0.2, 0.25) is 0 Å². The van der Waals surface area contributed by atoms with E-state index in [1.165, 1.54) is 0 Å². The maximum atomic E-state index is 12.4. The smallest absolute Gasteiger partial charge is 0.407 e. The summed E-state index contributed by atoms with van der Waals surface area (Å²) in [6.45, 7) is 7.68. The van der Waals surface area contributed by atoms with Crippen LogP contribution < -0.4 is 20.7 Å². The zero-order valence-corrected chi connectivity index (χ0v) is 16.1. The van der Waals surface area contributed by atoms with E-state index in [0.717, 1.165) is 12.8 Å². The number of nitrogens with one attached hydrogen (secondary N) is 3. The summed E-state index contributed by atoms with van der Waals surface area (Å²) in [6.07, 6.45) is 1.55. The lowest BCUT2D eigenvalue weighted by molar-refractivity contribution is 0.0509. The van der Waals surface area contributed by atoms with Gasteiger partial charge in [0, 0.05) is 18.3 Å². The lowest BCUT2D eigenvalue weighted by Gasteiger charge is -2.32. The summed E-state index contributed by atoms with van der Waals surface area (Å²) in [7, 11) is 1.58. The molecule has 1 saturated carbocycles. The van der Waals surface area contributed by atoms with Gasteiger partial charge in [0.05, 0.1) is 12.6 Å². The SMILES string of the molecule is COc1cccc(NC(=O)N[C@@](C)(CNC(=O)OC(C)(C)C)C2CC2)c1. The molecule has 7 heteroatoms. The Morgan fingerprint density at radius 2 is 1.88 bits per heavy atom. The summed E-state index contributed by atoms with van der Waals surface area (Å²) in [5.41, 5.74) is -0.461.